The predicted octanol–water partition coefficient (Wildman–Crippen LogP) is 6.34. The molecule has 0 aliphatic heterocycles. The number of hydrogen-bond acceptors (Lipinski definition) is 3. The van der Waals surface area contributed by atoms with Crippen molar-refractivity contribution in [3.63, 3.8) is 0 Å². The van der Waals surface area contributed by atoms with Gasteiger partial charge in [0.15, 0.2) is 0 Å². The van der Waals surface area contributed by atoms with Gasteiger partial charge in [-0.3, -0.25) is 9.59 Å². The zero-order valence-corrected chi connectivity index (χ0v) is 15.5. The normalized spacial score (nSPS) is 10.7. The van der Waals surface area contributed by atoms with Gasteiger partial charge in [-0.25, -0.2) is 0 Å². The van der Waals surface area contributed by atoms with Crippen molar-refractivity contribution in [2.24, 2.45) is 0 Å². The van der Waals surface area contributed by atoms with Crippen LogP contribution < -0.4 is 0 Å². The molecule has 0 radical (unpaired) electrons. The van der Waals surface area contributed by atoms with Gasteiger partial charge in [-0.15, -0.1) is 0 Å². The molecule has 136 valence electrons. The van der Waals surface area contributed by atoms with Crippen LogP contribution in [0.3, 0.4) is 0 Å². The van der Waals surface area contributed by atoms with Crippen molar-refractivity contribution in [2.75, 3.05) is 0 Å². The second-order valence-corrected chi connectivity index (χ2v) is 6.59. The molecule has 0 amide bonds. The summed E-state index contributed by atoms with van der Waals surface area (Å²) in [5, 5.41) is 0. The van der Waals surface area contributed by atoms with Crippen molar-refractivity contribution in [1.29, 1.82) is 0 Å². The van der Waals surface area contributed by atoms with E-state index >= 15 is 0 Å². The number of ether oxygens (including phenoxy) is 1. The number of hydrogen-bond donors (Lipinski definition) is 0. The van der Waals surface area contributed by atoms with E-state index in [-0.39, 0.29) is 11.9 Å². The maximum absolute atomic E-state index is 11.4. The molecule has 3 nitrogen and oxygen atoms in total. The first-order chi connectivity index (χ1) is 11.2. The Morgan fingerprint density at radius 2 is 0.913 bits per heavy atom. The summed E-state index contributed by atoms with van der Waals surface area (Å²) < 4.78 is 4.72. The van der Waals surface area contributed by atoms with Crippen molar-refractivity contribution >= 4 is 11.9 Å². The van der Waals surface area contributed by atoms with Gasteiger partial charge in [-0.05, 0) is 12.8 Å². The van der Waals surface area contributed by atoms with E-state index < -0.39 is 0 Å². The van der Waals surface area contributed by atoms with Crippen molar-refractivity contribution in [1.82, 2.24) is 0 Å². The van der Waals surface area contributed by atoms with Gasteiger partial charge >= 0.3 is 11.9 Å². The van der Waals surface area contributed by atoms with Gasteiger partial charge in [0.2, 0.25) is 0 Å². The van der Waals surface area contributed by atoms with Gasteiger partial charge in [-0.2, -0.15) is 0 Å². The fourth-order valence-corrected chi connectivity index (χ4v) is 2.72. The first kappa shape index (κ1) is 22.1. The smallest absolute Gasteiger partial charge is 0.313 e. The van der Waals surface area contributed by atoms with Gasteiger partial charge in [0.05, 0.1) is 0 Å². The van der Waals surface area contributed by atoms with E-state index in [9.17, 15) is 9.59 Å². The van der Waals surface area contributed by atoms with Crippen LogP contribution in [-0.4, -0.2) is 11.9 Å². The van der Waals surface area contributed by atoms with E-state index in [0.717, 1.165) is 19.3 Å². The fourth-order valence-electron chi connectivity index (χ4n) is 2.72. The summed E-state index contributed by atoms with van der Waals surface area (Å²) in [5.74, 6) is -0.737. The number of rotatable bonds is 16. The number of carbonyl (C=O) groups excluding carboxylic acids is 2. The van der Waals surface area contributed by atoms with Crippen LogP contribution in [0, 0.1) is 0 Å². The summed E-state index contributed by atoms with van der Waals surface area (Å²) in [7, 11) is 0. The molecule has 0 aromatic carbocycles. The lowest BCUT2D eigenvalue weighted by molar-refractivity contribution is -0.159. The minimum atomic E-state index is -0.382. The lowest BCUT2D eigenvalue weighted by Crippen LogP contribution is -2.11. The van der Waals surface area contributed by atoms with E-state index in [1.165, 1.54) is 70.6 Å². The fraction of sp³-hybridized carbons (Fsp3) is 0.900. The van der Waals surface area contributed by atoms with E-state index in [2.05, 4.69) is 6.92 Å². The van der Waals surface area contributed by atoms with E-state index in [4.69, 9.17) is 4.74 Å². The van der Waals surface area contributed by atoms with Crippen LogP contribution in [0.1, 0.15) is 117 Å². The molecule has 3 heteroatoms. The summed E-state index contributed by atoms with van der Waals surface area (Å²) in [4.78, 5) is 22.5. The molecule has 0 fully saturated rings. The van der Waals surface area contributed by atoms with Gasteiger partial charge in [-0.1, -0.05) is 90.9 Å². The molecular weight excluding hydrogens is 288 g/mol. The third-order valence-corrected chi connectivity index (χ3v) is 4.17. The summed E-state index contributed by atoms with van der Waals surface area (Å²) in [5.41, 5.74) is 0. The van der Waals surface area contributed by atoms with Gasteiger partial charge in [0.25, 0.3) is 0 Å². The average Bonchev–Trinajstić information content (AvgIpc) is 2.52. The Bertz CT molecular complexity index is 287. The molecule has 0 aromatic heterocycles. The predicted molar refractivity (Wildman–Crippen MR) is 96.3 cm³/mol. The Hall–Kier alpha value is -0.860. The Kier molecular flexibility index (Phi) is 16.8. The molecule has 0 aromatic rings. The highest BCUT2D eigenvalue weighted by Crippen LogP contribution is 2.13. The molecule has 0 bridgehead atoms. The third kappa shape index (κ3) is 17.3. The van der Waals surface area contributed by atoms with Crippen molar-refractivity contribution in [2.45, 2.75) is 117 Å². The molecule has 0 unspecified atom stereocenters. The Balaban J connectivity index is 3.18. The lowest BCUT2D eigenvalue weighted by atomic mass is 10.0. The lowest BCUT2D eigenvalue weighted by Gasteiger charge is -2.03. The SMILES string of the molecule is CCCCCCCCCCCCCCCC(=O)OC(=O)CCC. The van der Waals surface area contributed by atoms with Crippen molar-refractivity contribution < 1.29 is 14.3 Å². The molecule has 0 N–H and O–H groups in total. The Labute approximate surface area is 143 Å². The zero-order chi connectivity index (χ0) is 17.2. The number of carbonyl (C=O) groups is 2. The maximum atomic E-state index is 11.4. The molecule has 0 saturated heterocycles. The largest absolute Gasteiger partial charge is 0.393 e. The highest BCUT2D eigenvalue weighted by molar-refractivity contribution is 5.85. The maximum Gasteiger partial charge on any atom is 0.313 e. The highest BCUT2D eigenvalue weighted by atomic mass is 16.6. The van der Waals surface area contributed by atoms with Gasteiger partial charge < -0.3 is 4.74 Å². The number of unbranched alkanes of at least 4 members (excludes halogenated alkanes) is 12. The average molecular weight is 327 g/mol. The minimum Gasteiger partial charge on any atom is -0.393 e. The first-order valence-corrected chi connectivity index (χ1v) is 9.94. The summed E-state index contributed by atoms with van der Waals surface area (Å²) in [6, 6.07) is 0. The second kappa shape index (κ2) is 17.5. The summed E-state index contributed by atoms with van der Waals surface area (Å²) in [6.07, 6.45) is 18.2. The van der Waals surface area contributed by atoms with E-state index in [0.29, 0.717) is 12.8 Å². The van der Waals surface area contributed by atoms with E-state index in [1.807, 2.05) is 6.92 Å². The Morgan fingerprint density at radius 1 is 0.522 bits per heavy atom. The van der Waals surface area contributed by atoms with Crippen LogP contribution in [0.4, 0.5) is 0 Å². The van der Waals surface area contributed by atoms with Gasteiger partial charge in [0, 0.05) is 12.8 Å². The molecule has 0 spiro atoms. The topological polar surface area (TPSA) is 43.4 Å². The zero-order valence-electron chi connectivity index (χ0n) is 15.5. The molecular formula is C20H38O3. The molecule has 0 heterocycles. The standard InChI is InChI=1S/C20H38O3/c1-3-5-6-7-8-9-10-11-12-13-14-15-16-18-20(22)23-19(21)17-4-2/h3-18H2,1-2H3. The van der Waals surface area contributed by atoms with Crippen LogP contribution in [0.15, 0.2) is 0 Å². The molecule has 0 aliphatic rings. The Morgan fingerprint density at radius 3 is 1.35 bits per heavy atom. The van der Waals surface area contributed by atoms with Crippen LogP contribution in [0.5, 0.6) is 0 Å². The van der Waals surface area contributed by atoms with E-state index in [1.54, 1.807) is 0 Å². The van der Waals surface area contributed by atoms with Gasteiger partial charge in [0.1, 0.15) is 0 Å². The summed E-state index contributed by atoms with van der Waals surface area (Å²) in [6.45, 7) is 4.16. The quantitative estimate of drug-likeness (QED) is 0.189. The van der Waals surface area contributed by atoms with Crippen molar-refractivity contribution in [3.8, 4) is 0 Å². The second-order valence-electron chi connectivity index (χ2n) is 6.59. The van der Waals surface area contributed by atoms with Crippen LogP contribution in [0.2, 0.25) is 0 Å². The molecule has 0 rings (SSSR count). The number of esters is 2. The van der Waals surface area contributed by atoms with Crippen molar-refractivity contribution in [3.05, 3.63) is 0 Å². The highest BCUT2D eigenvalue weighted by Gasteiger charge is 2.08. The van der Waals surface area contributed by atoms with Crippen LogP contribution in [0.25, 0.3) is 0 Å². The third-order valence-electron chi connectivity index (χ3n) is 4.17. The molecule has 23 heavy (non-hydrogen) atoms. The van der Waals surface area contributed by atoms with Crippen LogP contribution in [-0.2, 0) is 14.3 Å². The molecule has 0 atom stereocenters. The summed E-state index contributed by atoms with van der Waals surface area (Å²) >= 11 is 0. The minimum absolute atomic E-state index is 0.338. The molecule has 0 aliphatic carbocycles. The van der Waals surface area contributed by atoms with Crippen LogP contribution >= 0.6 is 0 Å². The molecule has 0 saturated carbocycles. The monoisotopic (exact) mass is 326 g/mol. The first-order valence-electron chi connectivity index (χ1n) is 9.94.